The monoisotopic (exact) mass is 393 g/mol. The average molecular weight is 394 g/mol. The van der Waals surface area contributed by atoms with Crippen LogP contribution in [0.4, 0.5) is 0 Å². The van der Waals surface area contributed by atoms with Gasteiger partial charge in [-0.2, -0.15) is 0 Å². The van der Waals surface area contributed by atoms with E-state index in [-0.39, 0.29) is 11.9 Å². The van der Waals surface area contributed by atoms with E-state index in [0.717, 1.165) is 16.7 Å². The fourth-order valence-electron chi connectivity index (χ4n) is 2.27. The molecule has 1 atom stereocenters. The topological polar surface area (TPSA) is 49.6 Å². The summed E-state index contributed by atoms with van der Waals surface area (Å²) in [5.41, 5.74) is 6.41. The molecule has 1 unspecified atom stereocenters. The molecule has 1 aromatic carbocycles. The molecule has 1 amide bonds. The number of carbonyl (C=O) groups is 1. The van der Waals surface area contributed by atoms with Gasteiger partial charge >= 0.3 is 0 Å². The minimum Gasteiger partial charge on any atom is -0.332 e. The number of carbonyl (C=O) groups excluding carboxylic acids is 1. The maximum atomic E-state index is 12.5. The van der Waals surface area contributed by atoms with Crippen LogP contribution in [-0.2, 0) is 0 Å². The zero-order chi connectivity index (χ0) is 14.0. The van der Waals surface area contributed by atoms with E-state index < -0.39 is 0 Å². The van der Waals surface area contributed by atoms with Gasteiger partial charge < -0.3 is 15.5 Å². The number of likely N-dealkylation sites (N-methyl/N-ethyl adjacent to an activating group) is 1. The highest BCUT2D eigenvalue weighted by molar-refractivity contribution is 14.1. The Kier molecular flexibility index (Phi) is 5.05. The van der Waals surface area contributed by atoms with Crippen LogP contribution < -0.4 is 5.73 Å². The Balaban J connectivity index is 2.20. The highest BCUT2D eigenvalue weighted by Gasteiger charge is 2.28. The van der Waals surface area contributed by atoms with Crippen LogP contribution in [-0.4, -0.2) is 55.0 Å². The van der Waals surface area contributed by atoms with E-state index in [4.69, 9.17) is 17.3 Å². The molecule has 1 aromatic rings. The Morgan fingerprint density at radius 3 is 2.89 bits per heavy atom. The van der Waals surface area contributed by atoms with Crippen LogP contribution in [0.25, 0.3) is 0 Å². The molecule has 1 aliphatic rings. The number of piperazine rings is 1. The number of halogens is 2. The number of hydrogen-bond donors (Lipinski definition) is 1. The van der Waals surface area contributed by atoms with E-state index in [1.807, 2.05) is 24.1 Å². The third-order valence-electron chi connectivity index (χ3n) is 3.39. The molecule has 0 bridgehead atoms. The molecule has 0 saturated carbocycles. The number of benzene rings is 1. The van der Waals surface area contributed by atoms with Gasteiger partial charge in [0.05, 0.1) is 11.1 Å². The predicted octanol–water partition coefficient (Wildman–Crippen LogP) is 1.66. The van der Waals surface area contributed by atoms with Crippen LogP contribution in [0.2, 0.25) is 5.02 Å². The van der Waals surface area contributed by atoms with Crippen LogP contribution in [0.15, 0.2) is 18.2 Å². The summed E-state index contributed by atoms with van der Waals surface area (Å²) >= 11 is 8.23. The van der Waals surface area contributed by atoms with Gasteiger partial charge in [0.25, 0.3) is 5.91 Å². The molecule has 1 saturated heterocycles. The minimum atomic E-state index is 0.0156. The summed E-state index contributed by atoms with van der Waals surface area (Å²) in [7, 11) is 2.05. The predicted molar refractivity (Wildman–Crippen MR) is 85.5 cm³/mol. The van der Waals surface area contributed by atoms with Crippen molar-refractivity contribution in [2.24, 2.45) is 5.73 Å². The first-order valence-corrected chi connectivity index (χ1v) is 7.63. The van der Waals surface area contributed by atoms with Gasteiger partial charge in [0.15, 0.2) is 0 Å². The molecule has 6 heteroatoms. The van der Waals surface area contributed by atoms with Crippen molar-refractivity contribution in [1.82, 2.24) is 9.80 Å². The molecule has 2 N–H and O–H groups in total. The standard InChI is InChI=1S/C13H17ClIN3O/c1-17-4-5-18(10(7-16)8-17)13(19)9-2-3-12(15)11(14)6-9/h2-3,6,10H,4-5,7-8,16H2,1H3. The summed E-state index contributed by atoms with van der Waals surface area (Å²) < 4.78 is 0.949. The summed E-state index contributed by atoms with van der Waals surface area (Å²) in [6.07, 6.45) is 0. The van der Waals surface area contributed by atoms with Crippen molar-refractivity contribution in [3.8, 4) is 0 Å². The maximum absolute atomic E-state index is 12.5. The van der Waals surface area contributed by atoms with Gasteiger partial charge in [-0.15, -0.1) is 0 Å². The number of rotatable bonds is 2. The first-order valence-electron chi connectivity index (χ1n) is 6.17. The summed E-state index contributed by atoms with van der Waals surface area (Å²) in [5.74, 6) is 0.0156. The summed E-state index contributed by atoms with van der Waals surface area (Å²) in [5, 5.41) is 0.616. The van der Waals surface area contributed by atoms with Gasteiger partial charge in [0.1, 0.15) is 0 Å². The highest BCUT2D eigenvalue weighted by Crippen LogP contribution is 2.21. The quantitative estimate of drug-likeness (QED) is 0.778. The zero-order valence-corrected chi connectivity index (χ0v) is 13.7. The lowest BCUT2D eigenvalue weighted by Gasteiger charge is -2.39. The molecule has 104 valence electrons. The normalized spacial score (nSPS) is 20.6. The number of nitrogens with zero attached hydrogens (tertiary/aromatic N) is 2. The Morgan fingerprint density at radius 2 is 2.26 bits per heavy atom. The lowest BCUT2D eigenvalue weighted by atomic mass is 10.1. The third kappa shape index (κ3) is 3.39. The number of nitrogens with two attached hydrogens (primary N) is 1. The molecule has 19 heavy (non-hydrogen) atoms. The van der Waals surface area contributed by atoms with Crippen LogP contribution >= 0.6 is 34.2 Å². The Bertz CT molecular complexity index is 483. The summed E-state index contributed by atoms with van der Waals surface area (Å²) in [6.45, 7) is 2.88. The van der Waals surface area contributed by atoms with Crippen LogP contribution in [0.5, 0.6) is 0 Å². The largest absolute Gasteiger partial charge is 0.332 e. The SMILES string of the molecule is CN1CCN(C(=O)c2ccc(I)c(Cl)c2)C(CN)C1. The molecule has 1 aliphatic heterocycles. The van der Waals surface area contributed by atoms with Gasteiger partial charge in [-0.1, -0.05) is 11.6 Å². The van der Waals surface area contributed by atoms with Gasteiger partial charge in [-0.3, -0.25) is 4.79 Å². The molecule has 4 nitrogen and oxygen atoms in total. The molecular weight excluding hydrogens is 377 g/mol. The summed E-state index contributed by atoms with van der Waals surface area (Å²) in [6, 6.07) is 5.49. The second-order valence-electron chi connectivity index (χ2n) is 4.78. The second kappa shape index (κ2) is 6.39. The van der Waals surface area contributed by atoms with Crippen LogP contribution in [0.3, 0.4) is 0 Å². The van der Waals surface area contributed by atoms with Crippen molar-refractivity contribution in [3.05, 3.63) is 32.4 Å². The molecule has 1 heterocycles. The molecule has 1 fully saturated rings. The maximum Gasteiger partial charge on any atom is 0.254 e. The van der Waals surface area contributed by atoms with Crippen molar-refractivity contribution in [1.29, 1.82) is 0 Å². The van der Waals surface area contributed by atoms with Gasteiger partial charge in [0, 0.05) is 35.3 Å². The molecule has 0 radical (unpaired) electrons. The van der Waals surface area contributed by atoms with E-state index in [1.165, 1.54) is 0 Å². The first kappa shape index (κ1) is 15.0. The van der Waals surface area contributed by atoms with E-state index >= 15 is 0 Å². The minimum absolute atomic E-state index is 0.0156. The second-order valence-corrected chi connectivity index (χ2v) is 6.35. The lowest BCUT2D eigenvalue weighted by molar-refractivity contribution is 0.0516. The third-order valence-corrected chi connectivity index (χ3v) is 4.96. The van der Waals surface area contributed by atoms with Crippen molar-refractivity contribution in [2.45, 2.75) is 6.04 Å². The summed E-state index contributed by atoms with van der Waals surface area (Å²) in [4.78, 5) is 16.6. The molecule has 2 rings (SSSR count). The van der Waals surface area contributed by atoms with Crippen molar-refractivity contribution in [2.75, 3.05) is 33.2 Å². The Labute approximate surface area is 132 Å². The number of hydrogen-bond acceptors (Lipinski definition) is 3. The van der Waals surface area contributed by atoms with E-state index in [2.05, 4.69) is 27.5 Å². The first-order chi connectivity index (χ1) is 9.02. The van der Waals surface area contributed by atoms with Gasteiger partial charge in [0.2, 0.25) is 0 Å². The van der Waals surface area contributed by atoms with Crippen LogP contribution in [0, 0.1) is 3.57 Å². The zero-order valence-electron chi connectivity index (χ0n) is 10.8. The molecule has 0 aliphatic carbocycles. The fourth-order valence-corrected chi connectivity index (χ4v) is 2.79. The van der Waals surface area contributed by atoms with Gasteiger partial charge in [-0.05, 0) is 47.8 Å². The Hall–Kier alpha value is -0.370. The van der Waals surface area contributed by atoms with E-state index in [1.54, 1.807) is 6.07 Å². The van der Waals surface area contributed by atoms with Gasteiger partial charge in [-0.25, -0.2) is 0 Å². The van der Waals surface area contributed by atoms with Crippen molar-refractivity contribution < 1.29 is 4.79 Å². The lowest BCUT2D eigenvalue weighted by Crippen LogP contribution is -2.56. The Morgan fingerprint density at radius 1 is 1.53 bits per heavy atom. The fraction of sp³-hybridized carbons (Fsp3) is 0.462. The molecule has 0 spiro atoms. The smallest absolute Gasteiger partial charge is 0.254 e. The highest BCUT2D eigenvalue weighted by atomic mass is 127. The molecule has 0 aromatic heterocycles. The van der Waals surface area contributed by atoms with Crippen molar-refractivity contribution >= 4 is 40.1 Å². The van der Waals surface area contributed by atoms with E-state index in [9.17, 15) is 4.79 Å². The van der Waals surface area contributed by atoms with Crippen molar-refractivity contribution in [3.63, 3.8) is 0 Å². The number of amides is 1. The van der Waals surface area contributed by atoms with Crippen LogP contribution in [0.1, 0.15) is 10.4 Å². The molecular formula is C13H17ClIN3O. The average Bonchev–Trinajstić information content (AvgIpc) is 2.41. The van der Waals surface area contributed by atoms with E-state index in [0.29, 0.717) is 23.7 Å².